The van der Waals surface area contributed by atoms with E-state index in [-0.39, 0.29) is 11.8 Å². The highest BCUT2D eigenvalue weighted by Gasteiger charge is 2.52. The zero-order valence-corrected chi connectivity index (χ0v) is 21.0. The molecule has 0 radical (unpaired) electrons. The third-order valence-corrected chi connectivity index (χ3v) is 8.07. The van der Waals surface area contributed by atoms with Crippen molar-refractivity contribution in [1.82, 2.24) is 19.4 Å². The Balaban J connectivity index is 1.51. The third kappa shape index (κ3) is 3.86. The number of aryl methyl sites for hydroxylation is 1. The molecule has 2 aliphatic rings. The number of benzene rings is 1. The van der Waals surface area contributed by atoms with E-state index in [2.05, 4.69) is 15.8 Å². The number of hydrogen-bond acceptors (Lipinski definition) is 5. The SMILES string of the molecule is CSCCCn1c(CN2C(=O)C3(CCN(C(C)=O)CC3)c3ccncc32)nc2cc(Cl)ccc21. The third-order valence-electron chi connectivity index (χ3n) is 7.14. The molecule has 2 amide bonds. The zero-order chi connectivity index (χ0) is 23.9. The highest BCUT2D eigenvalue weighted by molar-refractivity contribution is 7.98. The molecule has 0 atom stereocenters. The molecule has 0 bridgehead atoms. The fraction of sp³-hybridized carbons (Fsp3) is 0.440. The second kappa shape index (κ2) is 9.23. The molecule has 3 aromatic rings. The molecule has 9 heteroatoms. The number of nitrogens with zero attached hydrogens (tertiary/aromatic N) is 5. The largest absolute Gasteiger partial charge is 0.343 e. The van der Waals surface area contributed by atoms with Crippen LogP contribution in [0.25, 0.3) is 11.0 Å². The summed E-state index contributed by atoms with van der Waals surface area (Å²) in [4.78, 5) is 38.8. The van der Waals surface area contributed by atoms with E-state index in [0.29, 0.717) is 37.5 Å². The molecule has 1 spiro atoms. The molecule has 0 N–H and O–H groups in total. The first-order valence-electron chi connectivity index (χ1n) is 11.6. The molecule has 5 rings (SSSR count). The van der Waals surface area contributed by atoms with E-state index in [4.69, 9.17) is 16.6 Å². The van der Waals surface area contributed by atoms with Gasteiger partial charge in [-0.3, -0.25) is 14.6 Å². The van der Waals surface area contributed by atoms with Crippen LogP contribution in [0.15, 0.2) is 36.7 Å². The maximum atomic E-state index is 14.0. The number of aromatic nitrogens is 3. The Morgan fingerprint density at radius 3 is 2.76 bits per heavy atom. The Hall–Kier alpha value is -2.58. The predicted molar refractivity (Wildman–Crippen MR) is 136 cm³/mol. The first-order chi connectivity index (χ1) is 16.4. The highest BCUT2D eigenvalue weighted by Crippen LogP contribution is 2.48. The van der Waals surface area contributed by atoms with Crippen molar-refractivity contribution in [2.24, 2.45) is 0 Å². The number of carbonyl (C=O) groups is 2. The summed E-state index contributed by atoms with van der Waals surface area (Å²) in [5.41, 5.74) is 3.13. The van der Waals surface area contributed by atoms with Gasteiger partial charge in [0.2, 0.25) is 11.8 Å². The maximum Gasteiger partial charge on any atom is 0.238 e. The smallest absolute Gasteiger partial charge is 0.238 e. The van der Waals surface area contributed by atoms with E-state index in [0.717, 1.165) is 46.8 Å². The molecule has 1 fully saturated rings. The van der Waals surface area contributed by atoms with Crippen molar-refractivity contribution in [2.45, 2.75) is 44.7 Å². The summed E-state index contributed by atoms with van der Waals surface area (Å²) in [5.74, 6) is 2.04. The molecule has 2 aliphatic heterocycles. The lowest BCUT2D eigenvalue weighted by Crippen LogP contribution is -2.49. The van der Waals surface area contributed by atoms with Crippen LogP contribution < -0.4 is 4.90 Å². The van der Waals surface area contributed by atoms with Crippen LogP contribution in [-0.2, 0) is 28.1 Å². The van der Waals surface area contributed by atoms with Gasteiger partial charge in [0.1, 0.15) is 5.82 Å². The first kappa shape index (κ1) is 23.2. The first-order valence-corrected chi connectivity index (χ1v) is 13.4. The normalized spacial score (nSPS) is 17.1. The number of pyridine rings is 1. The van der Waals surface area contributed by atoms with Gasteiger partial charge >= 0.3 is 0 Å². The van der Waals surface area contributed by atoms with Gasteiger partial charge < -0.3 is 14.4 Å². The number of rotatable bonds is 6. The Kier molecular flexibility index (Phi) is 6.29. The highest BCUT2D eigenvalue weighted by atomic mass is 35.5. The topological polar surface area (TPSA) is 71.3 Å². The molecule has 34 heavy (non-hydrogen) atoms. The van der Waals surface area contributed by atoms with E-state index in [1.54, 1.807) is 19.3 Å². The molecule has 1 aromatic carbocycles. The van der Waals surface area contributed by atoms with Crippen LogP contribution in [0.5, 0.6) is 0 Å². The number of carbonyl (C=O) groups excluding carboxylic acids is 2. The van der Waals surface area contributed by atoms with Crippen LogP contribution in [0.4, 0.5) is 5.69 Å². The summed E-state index contributed by atoms with van der Waals surface area (Å²) < 4.78 is 2.22. The molecule has 4 heterocycles. The number of anilines is 1. The van der Waals surface area contributed by atoms with Gasteiger partial charge in [-0.25, -0.2) is 4.98 Å². The lowest BCUT2D eigenvalue weighted by atomic mass is 9.74. The van der Waals surface area contributed by atoms with Crippen molar-refractivity contribution < 1.29 is 9.59 Å². The van der Waals surface area contributed by atoms with E-state index in [9.17, 15) is 9.59 Å². The summed E-state index contributed by atoms with van der Waals surface area (Å²) in [5, 5.41) is 0.649. The fourth-order valence-corrected chi connectivity index (χ4v) is 5.95. The average molecular weight is 498 g/mol. The van der Waals surface area contributed by atoms with E-state index < -0.39 is 5.41 Å². The van der Waals surface area contributed by atoms with Gasteiger partial charge in [0.15, 0.2) is 0 Å². The van der Waals surface area contributed by atoms with Crippen molar-refractivity contribution in [2.75, 3.05) is 30.0 Å². The summed E-state index contributed by atoms with van der Waals surface area (Å²) in [6.45, 7) is 3.97. The molecule has 178 valence electrons. The molecule has 7 nitrogen and oxygen atoms in total. The number of halogens is 1. The molecule has 2 aromatic heterocycles. The van der Waals surface area contributed by atoms with Crippen LogP contribution >= 0.6 is 23.4 Å². The Labute approximate surface area is 208 Å². The van der Waals surface area contributed by atoms with Crippen LogP contribution in [0.1, 0.15) is 37.6 Å². The molecular weight excluding hydrogens is 470 g/mol. The number of imidazole rings is 1. The van der Waals surface area contributed by atoms with Crippen molar-refractivity contribution >= 4 is 51.9 Å². The maximum absolute atomic E-state index is 14.0. The molecule has 0 unspecified atom stereocenters. The van der Waals surface area contributed by atoms with Crippen molar-refractivity contribution in [3.05, 3.63) is 53.1 Å². The monoisotopic (exact) mass is 497 g/mol. The van der Waals surface area contributed by atoms with Gasteiger partial charge in [-0.2, -0.15) is 11.8 Å². The minimum Gasteiger partial charge on any atom is -0.343 e. The second-order valence-electron chi connectivity index (χ2n) is 9.03. The Bertz CT molecular complexity index is 1250. The standard InChI is InChI=1S/C25H28ClN5O2S/c1-17(32)29-11-7-25(8-12-29)19-6-9-27-15-22(19)31(24(25)33)16-23-28-20-14-18(26)4-5-21(20)30(23)10-3-13-34-2/h4-6,9,14-15H,3,7-8,10-13,16H2,1-2H3. The quantitative estimate of drug-likeness (QED) is 0.476. The van der Waals surface area contributed by atoms with Crippen molar-refractivity contribution in [1.29, 1.82) is 0 Å². The fourth-order valence-electron chi connectivity index (χ4n) is 5.36. The second-order valence-corrected chi connectivity index (χ2v) is 10.5. The van der Waals surface area contributed by atoms with Crippen molar-refractivity contribution in [3.8, 4) is 0 Å². The summed E-state index contributed by atoms with van der Waals surface area (Å²) in [7, 11) is 0. The predicted octanol–water partition coefficient (Wildman–Crippen LogP) is 4.26. The minimum absolute atomic E-state index is 0.0599. The number of piperidine rings is 1. The zero-order valence-electron chi connectivity index (χ0n) is 19.5. The Morgan fingerprint density at radius 1 is 1.24 bits per heavy atom. The summed E-state index contributed by atoms with van der Waals surface area (Å²) in [6, 6.07) is 7.75. The molecule has 0 saturated carbocycles. The molecular formula is C25H28ClN5O2S. The number of hydrogen-bond donors (Lipinski definition) is 0. The van der Waals surface area contributed by atoms with Gasteiger partial charge in [-0.15, -0.1) is 0 Å². The summed E-state index contributed by atoms with van der Waals surface area (Å²) >= 11 is 8.07. The van der Waals surface area contributed by atoms with Crippen LogP contribution in [0.2, 0.25) is 5.02 Å². The van der Waals surface area contributed by atoms with Gasteiger partial charge in [-0.1, -0.05) is 11.6 Å². The van der Waals surface area contributed by atoms with E-state index >= 15 is 0 Å². The number of likely N-dealkylation sites (tertiary alicyclic amines) is 1. The lowest BCUT2D eigenvalue weighted by Gasteiger charge is -2.38. The number of fused-ring (bicyclic) bond motifs is 3. The lowest BCUT2D eigenvalue weighted by molar-refractivity contribution is -0.133. The minimum atomic E-state index is -0.608. The van der Waals surface area contributed by atoms with Crippen LogP contribution in [0, 0.1) is 0 Å². The van der Waals surface area contributed by atoms with Crippen LogP contribution in [0.3, 0.4) is 0 Å². The molecule has 1 saturated heterocycles. The van der Waals surface area contributed by atoms with Gasteiger partial charge in [0.05, 0.1) is 34.9 Å². The van der Waals surface area contributed by atoms with E-state index in [1.165, 1.54) is 0 Å². The molecule has 0 aliphatic carbocycles. The number of amides is 2. The Morgan fingerprint density at radius 2 is 2.03 bits per heavy atom. The average Bonchev–Trinajstić information content (AvgIpc) is 3.28. The van der Waals surface area contributed by atoms with Gasteiger partial charge in [0, 0.05) is 37.8 Å². The number of thioether (sulfide) groups is 1. The van der Waals surface area contributed by atoms with Crippen molar-refractivity contribution in [3.63, 3.8) is 0 Å². The van der Waals surface area contributed by atoms with Crippen LogP contribution in [-0.4, -0.2) is 56.3 Å². The van der Waals surface area contributed by atoms with Gasteiger partial charge in [0.25, 0.3) is 0 Å². The van der Waals surface area contributed by atoms with Gasteiger partial charge in [-0.05, 0) is 61.1 Å². The summed E-state index contributed by atoms with van der Waals surface area (Å²) in [6.07, 6.45) is 7.91. The van der Waals surface area contributed by atoms with E-state index in [1.807, 2.05) is 45.8 Å².